The zero-order chi connectivity index (χ0) is 39.6. The summed E-state index contributed by atoms with van der Waals surface area (Å²) in [7, 11) is -10.3. The molecule has 0 atom stereocenters. The number of hydrazone groups is 1. The molecule has 2 aromatic carbocycles. The molecule has 286 valence electrons. The minimum absolute atomic E-state index is 0. The molecule has 1 aliphatic rings. The van der Waals surface area contributed by atoms with Gasteiger partial charge >= 0.3 is 212 Å². The van der Waals surface area contributed by atoms with Crippen molar-refractivity contribution in [3.8, 4) is 23.6 Å². The van der Waals surface area contributed by atoms with Gasteiger partial charge in [0.05, 0.1) is 64.0 Å². The Labute approximate surface area is 508 Å². The van der Waals surface area contributed by atoms with Gasteiger partial charge in [0.15, 0.2) is 5.69 Å². The van der Waals surface area contributed by atoms with E-state index in [2.05, 4.69) is 28.9 Å². The number of ether oxygens (including phenoxy) is 1. The molecule has 0 bridgehead atoms. The summed E-state index contributed by atoms with van der Waals surface area (Å²) in [5.74, 6) is -1.01. The van der Waals surface area contributed by atoms with Gasteiger partial charge in [-0.2, -0.15) is 23.5 Å². The Balaban J connectivity index is 0.00000812. The number of anilines is 1. The average molecular weight is 981 g/mol. The quantitative estimate of drug-likeness (QED) is 0.0197. The molecule has 58 heavy (non-hydrogen) atoms. The smallest absolute Gasteiger partial charge is 0.744 e. The minimum atomic E-state index is -5.20. The number of aromatic hydroxyl groups is 1. The van der Waals surface area contributed by atoms with Crippen LogP contribution in [0.1, 0.15) is 23.0 Å². The van der Waals surface area contributed by atoms with Gasteiger partial charge in [-0.15, -0.1) is 0 Å². The number of allylic oxidation sites excluding steroid dienone is 4. The predicted molar refractivity (Wildman–Crippen MR) is 175 cm³/mol. The van der Waals surface area contributed by atoms with Gasteiger partial charge in [-0.25, -0.2) is 21.6 Å². The molecule has 0 saturated carbocycles. The van der Waals surface area contributed by atoms with E-state index in [1.165, 1.54) is 37.3 Å². The van der Waals surface area contributed by atoms with Crippen molar-refractivity contribution in [3.63, 3.8) is 0 Å². The number of carbonyl (C=O) groups excluding carboxylic acids is 2. The van der Waals surface area contributed by atoms with Gasteiger partial charge < -0.3 is 34.6 Å². The van der Waals surface area contributed by atoms with E-state index in [4.69, 9.17) is 9.84 Å². The standard InChI is InChI=1S/C29H24N4O17S4.4K/c1-2-46-29(37)27-20(28(36)33(31-27)22-15-19(52-50-48-39)9-11-25(22)54(43,44)45)7-5-3-4-6-17-16-32(30-26(17)23(35)12-13-34)21-14-18(51-49-47-38)8-10-24(21)53(40,41)42;;;;/h3-11,14-15,34,36,38-39H,2,16H2,1H3,(H,40,41,42)(H,43,44,45);;;;/q;4*+1/p-4/b4-3?,7-5?,17-6+;;;;. The predicted octanol–water partition coefficient (Wildman–Crippen LogP) is -11.7. The molecule has 29 heteroatoms. The molecule has 4 rings (SSSR count). The maximum Gasteiger partial charge on any atom is 1.00 e. The van der Waals surface area contributed by atoms with Crippen LogP contribution in [0.4, 0.5) is 5.69 Å². The van der Waals surface area contributed by atoms with E-state index in [9.17, 15) is 51.2 Å². The maximum atomic E-state index is 12.8. The van der Waals surface area contributed by atoms with Gasteiger partial charge in [-0.05, 0) is 49.4 Å². The molecule has 0 spiro atoms. The second-order valence-electron chi connectivity index (χ2n) is 9.83. The van der Waals surface area contributed by atoms with Crippen LogP contribution in [0.2, 0.25) is 0 Å². The van der Waals surface area contributed by atoms with Crippen LogP contribution in [-0.4, -0.2) is 76.6 Å². The second kappa shape index (κ2) is 28.4. The molecule has 1 aromatic heterocycles. The van der Waals surface area contributed by atoms with Gasteiger partial charge in [0, 0.05) is 21.3 Å². The molecule has 0 saturated heterocycles. The van der Waals surface area contributed by atoms with Crippen molar-refractivity contribution in [2.24, 2.45) is 5.10 Å². The van der Waals surface area contributed by atoms with E-state index in [1.54, 1.807) is 0 Å². The Hall–Kier alpha value is 1.47. The zero-order valence-electron chi connectivity index (χ0n) is 30.7. The molecule has 0 amide bonds. The number of hydrogen-bond donors (Lipinski definition) is 2. The molecule has 0 radical (unpaired) electrons. The molecule has 2 N–H and O–H groups in total. The molecule has 0 aliphatic carbocycles. The average Bonchev–Trinajstić information content (AvgIpc) is 3.70. The fourth-order valence-electron chi connectivity index (χ4n) is 4.50. The number of rotatable bonds is 16. The molecule has 21 nitrogen and oxygen atoms in total. The minimum Gasteiger partial charge on any atom is -0.744 e. The fourth-order valence-corrected chi connectivity index (χ4v) is 6.57. The van der Waals surface area contributed by atoms with Gasteiger partial charge in [-0.1, -0.05) is 24.3 Å². The van der Waals surface area contributed by atoms with Crippen LogP contribution in [0, 0.1) is 12.0 Å². The summed E-state index contributed by atoms with van der Waals surface area (Å²) in [5.41, 5.74) is -1.95. The Morgan fingerprint density at radius 1 is 0.897 bits per heavy atom. The topological polar surface area (TPSA) is 315 Å². The SMILES string of the molecule is CCOC(=O)c1nn(-c2cc(SOO[O-])ccc2S(=O)(=O)[O-])c(O)c1C=CC=C/C=C1\CN(c2cc(SOO[O-])ccc2S(=O)(=O)[O-])N=C1C(=O)C#CO.[K+].[K+].[K+].[K+]. The Kier molecular flexibility index (Phi) is 29.1. The van der Waals surface area contributed by atoms with E-state index in [1.807, 2.05) is 5.92 Å². The third kappa shape index (κ3) is 16.5. The van der Waals surface area contributed by atoms with Crippen LogP contribution in [-0.2, 0) is 48.5 Å². The van der Waals surface area contributed by atoms with E-state index in [0.29, 0.717) is 28.8 Å². The number of aliphatic hydroxyl groups excluding tert-OH is 1. The molecule has 1 aliphatic heterocycles. The third-order valence-electron chi connectivity index (χ3n) is 6.60. The zero-order valence-corrected chi connectivity index (χ0v) is 46.5. The van der Waals surface area contributed by atoms with E-state index in [0.717, 1.165) is 47.5 Å². The Morgan fingerprint density at radius 2 is 1.45 bits per heavy atom. The van der Waals surface area contributed by atoms with Crippen molar-refractivity contribution in [3.05, 3.63) is 77.5 Å². The number of aliphatic hydroxyl groups is 1. The van der Waals surface area contributed by atoms with Gasteiger partial charge in [0.1, 0.15) is 32.1 Å². The largest absolute Gasteiger partial charge is 1.00 e. The number of aromatic nitrogens is 2. The van der Waals surface area contributed by atoms with Crippen LogP contribution in [0.5, 0.6) is 5.88 Å². The van der Waals surface area contributed by atoms with Gasteiger partial charge in [0.25, 0.3) is 5.78 Å². The summed E-state index contributed by atoms with van der Waals surface area (Å²) in [6, 6.07) is 6.12. The third-order valence-corrected chi connectivity index (χ3v) is 9.51. The first-order valence-electron chi connectivity index (χ1n) is 14.2. The number of benzene rings is 2. The number of nitrogens with zero attached hydrogens (tertiary/aromatic N) is 4. The van der Waals surface area contributed by atoms with Crippen LogP contribution < -0.4 is 221 Å². The van der Waals surface area contributed by atoms with Crippen molar-refractivity contribution in [1.82, 2.24) is 9.78 Å². The van der Waals surface area contributed by atoms with E-state index in [-0.39, 0.29) is 251 Å². The first kappa shape index (κ1) is 59.5. The summed E-state index contributed by atoms with van der Waals surface area (Å²) in [4.78, 5) is 24.0. The molecule has 0 fully saturated rings. The van der Waals surface area contributed by atoms with Crippen LogP contribution >= 0.6 is 24.1 Å². The monoisotopic (exact) mass is 980 g/mol. The van der Waals surface area contributed by atoms with Gasteiger partial charge in [0.2, 0.25) is 5.88 Å². The summed E-state index contributed by atoms with van der Waals surface area (Å²) in [6.45, 7) is 1.02. The summed E-state index contributed by atoms with van der Waals surface area (Å²) >= 11 is 0.711. The molecular weight excluding hydrogens is 961 g/mol. The summed E-state index contributed by atoms with van der Waals surface area (Å²) < 4.78 is 86.1. The molecular formula is C29H20K4N4O17S4. The first-order chi connectivity index (χ1) is 25.6. The van der Waals surface area contributed by atoms with Crippen LogP contribution in [0.15, 0.2) is 91.0 Å². The van der Waals surface area contributed by atoms with E-state index >= 15 is 0 Å². The number of ketones is 1. The molecule has 0 unspecified atom stereocenters. The summed E-state index contributed by atoms with van der Waals surface area (Å²) in [5, 5.41) is 56.2. The van der Waals surface area contributed by atoms with Crippen LogP contribution in [0.3, 0.4) is 0 Å². The van der Waals surface area contributed by atoms with Crippen molar-refractivity contribution >= 4 is 73.5 Å². The number of Topliss-reactive ketones (excluding diaryl/α,β-unsaturated/α-hetero) is 1. The molecule has 3 aromatic rings. The second-order valence-corrected chi connectivity index (χ2v) is 14.1. The first-order valence-corrected chi connectivity index (χ1v) is 18.5. The van der Waals surface area contributed by atoms with Gasteiger partial charge in [-0.3, -0.25) is 19.9 Å². The normalized spacial score (nSPS) is 13.2. The fraction of sp³-hybridized carbons (Fsp3) is 0.103. The maximum absolute atomic E-state index is 12.8. The van der Waals surface area contributed by atoms with Crippen molar-refractivity contribution < 1.29 is 285 Å². The van der Waals surface area contributed by atoms with Crippen molar-refractivity contribution in [1.29, 1.82) is 0 Å². The number of hydrogen-bond acceptors (Lipinski definition) is 22. The summed E-state index contributed by atoms with van der Waals surface area (Å²) in [6.07, 6.45) is 7.81. The van der Waals surface area contributed by atoms with Crippen LogP contribution in [0.25, 0.3) is 11.8 Å². The number of esters is 1. The van der Waals surface area contributed by atoms with Crippen molar-refractivity contribution in [2.45, 2.75) is 26.5 Å². The molecule has 2 heterocycles. The Morgan fingerprint density at radius 3 is 1.97 bits per heavy atom. The van der Waals surface area contributed by atoms with Crippen molar-refractivity contribution in [2.75, 3.05) is 18.2 Å². The van der Waals surface area contributed by atoms with E-state index < -0.39 is 59.0 Å². The Bertz CT molecular complexity index is 2360. The number of carbonyl (C=O) groups is 2.